The van der Waals surface area contributed by atoms with Gasteiger partial charge >= 0.3 is 0 Å². The molecule has 1 atom stereocenters. The lowest BCUT2D eigenvalue weighted by Gasteiger charge is -2.09. The van der Waals surface area contributed by atoms with E-state index < -0.39 is 0 Å². The van der Waals surface area contributed by atoms with Crippen LogP contribution in [0.5, 0.6) is 0 Å². The lowest BCUT2D eigenvalue weighted by Crippen LogP contribution is -2.36. The highest BCUT2D eigenvalue weighted by Gasteiger charge is 2.19. The van der Waals surface area contributed by atoms with Crippen LogP contribution in [0, 0.1) is 0 Å². The summed E-state index contributed by atoms with van der Waals surface area (Å²) in [7, 11) is 0. The van der Waals surface area contributed by atoms with E-state index in [1.807, 2.05) is 18.2 Å². The van der Waals surface area contributed by atoms with Crippen molar-refractivity contribution in [1.29, 1.82) is 0 Å². The Bertz CT molecular complexity index is 623. The third-order valence-corrected chi connectivity index (χ3v) is 3.70. The number of aromatic amines is 1. The Morgan fingerprint density at radius 1 is 1.38 bits per heavy atom. The van der Waals surface area contributed by atoms with Crippen LogP contribution >= 0.6 is 24.0 Å². The van der Waals surface area contributed by atoms with E-state index in [0.717, 1.165) is 25.1 Å². The average Bonchev–Trinajstić information content (AvgIpc) is 3.10. The topological polar surface area (TPSA) is 69.8 Å². The summed E-state index contributed by atoms with van der Waals surface area (Å²) in [6.45, 7) is 1.76. The number of amides is 1. The van der Waals surface area contributed by atoms with Gasteiger partial charge in [0.25, 0.3) is 5.91 Å². The maximum atomic E-state index is 12.1. The van der Waals surface area contributed by atoms with Crippen LogP contribution in [0.1, 0.15) is 16.9 Å². The molecule has 3 rings (SSSR count). The number of hydrogen-bond acceptors (Lipinski definition) is 3. The van der Waals surface area contributed by atoms with Gasteiger partial charge in [-0.2, -0.15) is 5.10 Å². The number of carbonyl (C=O) groups excluding carboxylic acids is 1. The van der Waals surface area contributed by atoms with Crippen LogP contribution in [0.3, 0.4) is 0 Å². The second-order valence-corrected chi connectivity index (χ2v) is 5.22. The Morgan fingerprint density at radius 2 is 2.19 bits per heavy atom. The molecule has 3 N–H and O–H groups in total. The molecule has 0 spiro atoms. The van der Waals surface area contributed by atoms with Gasteiger partial charge in [0.1, 0.15) is 5.69 Å². The lowest BCUT2D eigenvalue weighted by atomic mass is 10.1. The summed E-state index contributed by atoms with van der Waals surface area (Å²) in [5, 5.41) is 13.7. The second-order valence-electron chi connectivity index (χ2n) is 4.81. The normalized spacial score (nSPS) is 17.3. The van der Waals surface area contributed by atoms with Crippen molar-refractivity contribution in [3.63, 3.8) is 0 Å². The summed E-state index contributed by atoms with van der Waals surface area (Å²) in [4.78, 5) is 12.1. The standard InChI is InChI=1S/C14H15ClN4O.ClH/c15-11-4-2-1-3-10(11)12-7-13(19-18-12)14(20)17-9-5-6-16-8-9;/h1-4,7,9,16H,5-6,8H2,(H,17,20)(H,18,19);1H. The molecule has 2 aromatic rings. The number of hydrogen-bond donors (Lipinski definition) is 3. The molecule has 1 saturated heterocycles. The molecule has 21 heavy (non-hydrogen) atoms. The molecule has 7 heteroatoms. The number of rotatable bonds is 3. The Morgan fingerprint density at radius 3 is 2.90 bits per heavy atom. The minimum absolute atomic E-state index is 0. The Labute approximate surface area is 133 Å². The Hall–Kier alpha value is -1.56. The predicted molar refractivity (Wildman–Crippen MR) is 85.0 cm³/mol. The summed E-state index contributed by atoms with van der Waals surface area (Å²) in [6, 6.07) is 9.34. The van der Waals surface area contributed by atoms with Gasteiger partial charge in [-0.05, 0) is 25.1 Å². The zero-order valence-corrected chi connectivity index (χ0v) is 12.8. The molecule has 112 valence electrons. The number of nitrogens with zero attached hydrogens (tertiary/aromatic N) is 1. The first-order valence-corrected chi connectivity index (χ1v) is 6.94. The summed E-state index contributed by atoms with van der Waals surface area (Å²) in [6.07, 6.45) is 0.956. The van der Waals surface area contributed by atoms with Crippen LogP contribution in [0.2, 0.25) is 5.02 Å². The number of aromatic nitrogens is 2. The number of nitrogens with one attached hydrogen (secondary N) is 3. The summed E-state index contributed by atoms with van der Waals surface area (Å²) >= 11 is 6.12. The van der Waals surface area contributed by atoms with Crippen molar-refractivity contribution in [3.8, 4) is 11.3 Å². The molecule has 1 aromatic carbocycles. The average molecular weight is 327 g/mol. The van der Waals surface area contributed by atoms with Crippen LogP contribution in [-0.4, -0.2) is 35.2 Å². The van der Waals surface area contributed by atoms with E-state index in [4.69, 9.17) is 11.6 Å². The van der Waals surface area contributed by atoms with E-state index in [1.165, 1.54) is 0 Å². The largest absolute Gasteiger partial charge is 0.347 e. The molecule has 1 aliphatic heterocycles. The van der Waals surface area contributed by atoms with Gasteiger partial charge in [-0.15, -0.1) is 12.4 Å². The van der Waals surface area contributed by atoms with Crippen LogP contribution in [0.25, 0.3) is 11.3 Å². The zero-order valence-electron chi connectivity index (χ0n) is 11.2. The molecule has 0 aliphatic carbocycles. The van der Waals surface area contributed by atoms with Crippen LogP contribution in [-0.2, 0) is 0 Å². The Balaban J connectivity index is 0.00000161. The van der Waals surface area contributed by atoms with E-state index in [0.29, 0.717) is 16.4 Å². The van der Waals surface area contributed by atoms with Gasteiger partial charge in [-0.3, -0.25) is 9.89 Å². The maximum absolute atomic E-state index is 12.1. The fourth-order valence-corrected chi connectivity index (χ4v) is 2.52. The fraction of sp³-hybridized carbons (Fsp3) is 0.286. The minimum Gasteiger partial charge on any atom is -0.347 e. The van der Waals surface area contributed by atoms with E-state index in [2.05, 4.69) is 20.8 Å². The summed E-state index contributed by atoms with van der Waals surface area (Å²) in [5.74, 6) is -0.135. The Kier molecular flexibility index (Phi) is 5.22. The fourth-order valence-electron chi connectivity index (χ4n) is 2.29. The quantitative estimate of drug-likeness (QED) is 0.810. The molecular weight excluding hydrogens is 311 g/mol. The molecular formula is C14H16Cl2N4O. The number of halogens is 2. The highest BCUT2D eigenvalue weighted by Crippen LogP contribution is 2.26. The minimum atomic E-state index is -0.135. The highest BCUT2D eigenvalue weighted by atomic mass is 35.5. The third kappa shape index (κ3) is 3.56. The van der Waals surface area contributed by atoms with Crippen LogP contribution < -0.4 is 10.6 Å². The van der Waals surface area contributed by atoms with Gasteiger partial charge in [-0.25, -0.2) is 0 Å². The van der Waals surface area contributed by atoms with Crippen LogP contribution in [0.4, 0.5) is 0 Å². The van der Waals surface area contributed by atoms with Crippen molar-refractivity contribution >= 4 is 29.9 Å². The monoisotopic (exact) mass is 326 g/mol. The van der Waals surface area contributed by atoms with E-state index in [1.54, 1.807) is 12.1 Å². The predicted octanol–water partition coefficient (Wildman–Crippen LogP) is 2.24. The second kappa shape index (κ2) is 6.93. The lowest BCUT2D eigenvalue weighted by molar-refractivity contribution is 0.0935. The third-order valence-electron chi connectivity index (χ3n) is 3.37. The highest BCUT2D eigenvalue weighted by molar-refractivity contribution is 6.33. The van der Waals surface area contributed by atoms with Crippen molar-refractivity contribution in [2.24, 2.45) is 0 Å². The van der Waals surface area contributed by atoms with Crippen molar-refractivity contribution in [1.82, 2.24) is 20.8 Å². The van der Waals surface area contributed by atoms with Gasteiger partial charge in [0.05, 0.1) is 10.7 Å². The molecule has 0 saturated carbocycles. The first-order valence-electron chi connectivity index (χ1n) is 6.56. The van der Waals surface area contributed by atoms with Crippen molar-refractivity contribution in [3.05, 3.63) is 41.0 Å². The molecule has 0 bridgehead atoms. The zero-order chi connectivity index (χ0) is 13.9. The van der Waals surface area contributed by atoms with Gasteiger partial charge in [0.15, 0.2) is 0 Å². The van der Waals surface area contributed by atoms with Crippen LogP contribution in [0.15, 0.2) is 30.3 Å². The molecule has 1 unspecified atom stereocenters. The molecule has 1 fully saturated rings. The summed E-state index contributed by atoms with van der Waals surface area (Å²) < 4.78 is 0. The van der Waals surface area contributed by atoms with E-state index in [9.17, 15) is 4.79 Å². The number of carbonyl (C=O) groups is 1. The molecule has 2 heterocycles. The van der Waals surface area contributed by atoms with Gasteiger partial charge < -0.3 is 10.6 Å². The van der Waals surface area contributed by atoms with Crippen molar-refractivity contribution in [2.45, 2.75) is 12.5 Å². The van der Waals surface area contributed by atoms with Crippen molar-refractivity contribution < 1.29 is 4.79 Å². The molecule has 1 aromatic heterocycles. The van der Waals surface area contributed by atoms with E-state index >= 15 is 0 Å². The smallest absolute Gasteiger partial charge is 0.269 e. The van der Waals surface area contributed by atoms with Crippen molar-refractivity contribution in [2.75, 3.05) is 13.1 Å². The molecule has 1 aliphatic rings. The van der Waals surface area contributed by atoms with Gasteiger partial charge in [0.2, 0.25) is 0 Å². The van der Waals surface area contributed by atoms with E-state index in [-0.39, 0.29) is 24.4 Å². The summed E-state index contributed by atoms with van der Waals surface area (Å²) in [5.41, 5.74) is 1.93. The molecule has 0 radical (unpaired) electrons. The SMILES string of the molecule is Cl.O=C(NC1CCNC1)c1cc(-c2ccccc2Cl)n[nH]1. The molecule has 5 nitrogen and oxygen atoms in total. The number of H-pyrrole nitrogens is 1. The van der Waals surface area contributed by atoms with Gasteiger partial charge in [0, 0.05) is 18.2 Å². The van der Waals surface area contributed by atoms with Gasteiger partial charge in [-0.1, -0.05) is 29.8 Å². The first kappa shape index (κ1) is 15.8. The first-order chi connectivity index (χ1) is 9.74. The molecule has 1 amide bonds. The number of benzene rings is 1. The maximum Gasteiger partial charge on any atom is 0.269 e.